The van der Waals surface area contributed by atoms with Crippen LogP contribution in [0.25, 0.3) is 0 Å². The zero-order valence-electron chi connectivity index (χ0n) is 9.15. The van der Waals surface area contributed by atoms with Crippen molar-refractivity contribution in [2.45, 2.75) is 18.7 Å². The highest BCUT2D eigenvalue weighted by molar-refractivity contribution is 7.89. The lowest BCUT2D eigenvalue weighted by molar-refractivity contribution is 0.585. The van der Waals surface area contributed by atoms with Gasteiger partial charge in [-0.3, -0.25) is 0 Å². The fourth-order valence-corrected chi connectivity index (χ4v) is 2.74. The van der Waals surface area contributed by atoms with Crippen molar-refractivity contribution in [2.24, 2.45) is 5.73 Å². The molecule has 0 bridgehead atoms. The molecule has 0 saturated heterocycles. The highest BCUT2D eigenvalue weighted by Crippen LogP contribution is 2.16. The summed E-state index contributed by atoms with van der Waals surface area (Å²) >= 11 is 4.62. The van der Waals surface area contributed by atoms with Crippen LogP contribution in [0.1, 0.15) is 11.1 Å². The van der Waals surface area contributed by atoms with E-state index in [9.17, 15) is 8.42 Å². The van der Waals surface area contributed by atoms with E-state index in [2.05, 4.69) is 16.9 Å². The van der Waals surface area contributed by atoms with Gasteiger partial charge in [0.1, 0.15) is 0 Å². The van der Waals surface area contributed by atoms with Gasteiger partial charge in [-0.15, -0.1) is 0 Å². The fraction of sp³-hybridized carbons (Fsp3) is 0.300. The third-order valence-corrected chi connectivity index (χ3v) is 3.76. The number of benzene rings is 1. The van der Waals surface area contributed by atoms with E-state index in [4.69, 9.17) is 5.73 Å². The lowest BCUT2D eigenvalue weighted by Crippen LogP contribution is -2.32. The van der Waals surface area contributed by atoms with E-state index >= 15 is 0 Å². The molecule has 0 aliphatic heterocycles. The summed E-state index contributed by atoms with van der Waals surface area (Å²) < 4.78 is 26.1. The van der Waals surface area contributed by atoms with Gasteiger partial charge in [0.05, 0.1) is 16.4 Å². The van der Waals surface area contributed by atoms with Crippen molar-refractivity contribution in [2.75, 3.05) is 6.54 Å². The third kappa shape index (κ3) is 3.26. The molecule has 6 heteroatoms. The first kappa shape index (κ1) is 13.1. The molecule has 4 nitrogen and oxygen atoms in total. The van der Waals surface area contributed by atoms with E-state index in [-0.39, 0.29) is 16.4 Å². The van der Waals surface area contributed by atoms with Crippen molar-refractivity contribution >= 4 is 27.2 Å². The number of nitrogens with one attached hydrogen (secondary N) is 1. The van der Waals surface area contributed by atoms with Gasteiger partial charge in [0.25, 0.3) is 0 Å². The highest BCUT2D eigenvalue weighted by atomic mass is 32.2. The van der Waals surface area contributed by atoms with E-state index in [0.717, 1.165) is 5.56 Å². The molecule has 0 aromatic heterocycles. The second kappa shape index (κ2) is 4.90. The Balaban J connectivity index is 3.07. The van der Waals surface area contributed by atoms with Crippen LogP contribution in [0.5, 0.6) is 0 Å². The van der Waals surface area contributed by atoms with Crippen LogP contribution in [0.15, 0.2) is 23.1 Å². The Bertz CT molecular complexity index is 510. The van der Waals surface area contributed by atoms with Crippen LogP contribution in [0.3, 0.4) is 0 Å². The molecule has 0 spiro atoms. The predicted molar refractivity (Wildman–Crippen MR) is 67.9 cm³/mol. The number of sulfonamides is 1. The normalized spacial score (nSPS) is 11.4. The SMILES string of the molecule is Cc1ccc(C)c(S(=O)(=O)NCC(N)=S)c1. The molecule has 0 aliphatic carbocycles. The monoisotopic (exact) mass is 258 g/mol. The Hall–Kier alpha value is -0.980. The molecule has 1 aromatic rings. The summed E-state index contributed by atoms with van der Waals surface area (Å²) in [6.07, 6.45) is 0. The molecule has 0 aliphatic rings. The second-order valence-electron chi connectivity index (χ2n) is 3.56. The minimum absolute atomic E-state index is 0.0228. The van der Waals surface area contributed by atoms with Gasteiger partial charge in [0.2, 0.25) is 10.0 Å². The van der Waals surface area contributed by atoms with Crippen LogP contribution in [0.4, 0.5) is 0 Å². The Morgan fingerprint density at radius 1 is 1.44 bits per heavy atom. The van der Waals surface area contributed by atoms with E-state index in [1.807, 2.05) is 13.0 Å². The van der Waals surface area contributed by atoms with Gasteiger partial charge in [0.15, 0.2) is 0 Å². The topological polar surface area (TPSA) is 72.2 Å². The van der Waals surface area contributed by atoms with Gasteiger partial charge in [-0.25, -0.2) is 13.1 Å². The van der Waals surface area contributed by atoms with Crippen LogP contribution in [0, 0.1) is 13.8 Å². The van der Waals surface area contributed by atoms with Gasteiger partial charge < -0.3 is 5.73 Å². The predicted octanol–water partition coefficient (Wildman–Crippen LogP) is 0.868. The Labute approximate surface area is 101 Å². The largest absolute Gasteiger partial charge is 0.392 e. The van der Waals surface area contributed by atoms with Crippen LogP contribution in [0.2, 0.25) is 0 Å². The standard InChI is InChI=1S/C10H14N2O2S2/c1-7-3-4-8(2)9(5-7)16(13,14)12-6-10(11)15/h3-5,12H,6H2,1-2H3,(H2,11,15). The van der Waals surface area contributed by atoms with Crippen molar-refractivity contribution in [3.05, 3.63) is 29.3 Å². The van der Waals surface area contributed by atoms with Crippen LogP contribution >= 0.6 is 12.2 Å². The molecule has 1 aromatic carbocycles. The molecule has 3 N–H and O–H groups in total. The van der Waals surface area contributed by atoms with Crippen molar-refractivity contribution in [3.8, 4) is 0 Å². The van der Waals surface area contributed by atoms with Crippen molar-refractivity contribution in [1.29, 1.82) is 0 Å². The van der Waals surface area contributed by atoms with Gasteiger partial charge >= 0.3 is 0 Å². The van der Waals surface area contributed by atoms with Gasteiger partial charge in [-0.1, -0.05) is 24.4 Å². The molecular weight excluding hydrogens is 244 g/mol. The minimum atomic E-state index is -3.53. The lowest BCUT2D eigenvalue weighted by Gasteiger charge is -2.09. The summed E-state index contributed by atoms with van der Waals surface area (Å²) in [5.74, 6) is 0. The van der Waals surface area contributed by atoms with Crippen molar-refractivity contribution < 1.29 is 8.42 Å². The van der Waals surface area contributed by atoms with Crippen LogP contribution in [-0.4, -0.2) is 20.0 Å². The molecule has 0 atom stereocenters. The Kier molecular flexibility index (Phi) is 4.01. The zero-order chi connectivity index (χ0) is 12.3. The number of aryl methyl sites for hydroxylation is 2. The summed E-state index contributed by atoms with van der Waals surface area (Å²) in [6, 6.07) is 5.25. The number of nitrogens with two attached hydrogens (primary N) is 1. The molecule has 0 amide bonds. The maximum atomic E-state index is 11.9. The quantitative estimate of drug-likeness (QED) is 0.786. The summed E-state index contributed by atoms with van der Waals surface area (Å²) in [5.41, 5.74) is 6.84. The molecule has 1 rings (SSSR count). The molecule has 0 fully saturated rings. The third-order valence-electron chi connectivity index (χ3n) is 2.07. The highest BCUT2D eigenvalue weighted by Gasteiger charge is 2.16. The number of rotatable bonds is 4. The van der Waals surface area contributed by atoms with Crippen molar-refractivity contribution in [3.63, 3.8) is 0 Å². The maximum Gasteiger partial charge on any atom is 0.241 e. The zero-order valence-corrected chi connectivity index (χ0v) is 10.8. The molecule has 88 valence electrons. The average Bonchev–Trinajstić information content (AvgIpc) is 2.19. The Morgan fingerprint density at radius 2 is 2.06 bits per heavy atom. The molecule has 0 saturated carbocycles. The Morgan fingerprint density at radius 3 is 2.62 bits per heavy atom. The molecule has 0 unspecified atom stereocenters. The molecule has 0 heterocycles. The number of hydrogen-bond acceptors (Lipinski definition) is 3. The van der Waals surface area contributed by atoms with E-state index in [0.29, 0.717) is 5.56 Å². The minimum Gasteiger partial charge on any atom is -0.392 e. The van der Waals surface area contributed by atoms with Gasteiger partial charge in [-0.05, 0) is 31.0 Å². The summed E-state index contributed by atoms with van der Waals surface area (Å²) in [4.78, 5) is 0.387. The molecule has 0 radical (unpaired) electrons. The van der Waals surface area contributed by atoms with E-state index < -0.39 is 10.0 Å². The molecular formula is C10H14N2O2S2. The van der Waals surface area contributed by atoms with E-state index in [1.54, 1.807) is 19.1 Å². The van der Waals surface area contributed by atoms with E-state index in [1.165, 1.54) is 0 Å². The van der Waals surface area contributed by atoms with Crippen LogP contribution in [-0.2, 0) is 10.0 Å². The molecule has 16 heavy (non-hydrogen) atoms. The van der Waals surface area contributed by atoms with Crippen molar-refractivity contribution in [1.82, 2.24) is 4.72 Å². The first-order valence-electron chi connectivity index (χ1n) is 4.68. The first-order chi connectivity index (χ1) is 7.33. The lowest BCUT2D eigenvalue weighted by atomic mass is 10.2. The smallest absolute Gasteiger partial charge is 0.241 e. The summed E-state index contributed by atoms with van der Waals surface area (Å²) in [6.45, 7) is 3.56. The van der Waals surface area contributed by atoms with Crippen LogP contribution < -0.4 is 10.5 Å². The maximum absolute atomic E-state index is 11.9. The van der Waals surface area contributed by atoms with Gasteiger partial charge in [-0.2, -0.15) is 0 Å². The number of hydrogen-bond donors (Lipinski definition) is 2. The average molecular weight is 258 g/mol. The summed E-state index contributed by atoms with van der Waals surface area (Å²) in [5, 5.41) is 0. The fourth-order valence-electron chi connectivity index (χ4n) is 1.24. The first-order valence-corrected chi connectivity index (χ1v) is 6.57. The summed E-state index contributed by atoms with van der Waals surface area (Å²) in [7, 11) is -3.53. The van der Waals surface area contributed by atoms with Gasteiger partial charge in [0, 0.05) is 0 Å². The second-order valence-corrected chi connectivity index (χ2v) is 5.82. The number of thiocarbonyl (C=S) groups is 1.